The van der Waals surface area contributed by atoms with E-state index in [0.717, 1.165) is 47.8 Å². The van der Waals surface area contributed by atoms with Gasteiger partial charge in [0.15, 0.2) is 0 Å². The van der Waals surface area contributed by atoms with Crippen molar-refractivity contribution in [2.75, 3.05) is 32.5 Å². The highest BCUT2D eigenvalue weighted by molar-refractivity contribution is 5.96. The molecule has 154 valence electrons. The van der Waals surface area contributed by atoms with Gasteiger partial charge in [-0.25, -0.2) is 4.98 Å². The van der Waals surface area contributed by atoms with Crippen molar-refractivity contribution >= 4 is 28.4 Å². The number of anilines is 1. The average molecular weight is 403 g/mol. The van der Waals surface area contributed by atoms with Crippen molar-refractivity contribution in [1.82, 2.24) is 20.2 Å². The largest absolute Gasteiger partial charge is 0.355 e. The number of hydrogen-bond donors (Lipinski definition) is 2. The molecule has 3 aromatic rings. The first-order valence-electron chi connectivity index (χ1n) is 10.1. The van der Waals surface area contributed by atoms with Gasteiger partial charge in [0.05, 0.1) is 5.56 Å². The maximum atomic E-state index is 12.6. The Morgan fingerprint density at radius 2 is 1.80 bits per heavy atom. The van der Waals surface area contributed by atoms with Crippen LogP contribution in [0.25, 0.3) is 21.9 Å². The summed E-state index contributed by atoms with van der Waals surface area (Å²) in [6.45, 7) is 1.88. The van der Waals surface area contributed by atoms with Gasteiger partial charge >= 0.3 is 0 Å². The molecule has 1 fully saturated rings. The third-order valence-electron chi connectivity index (χ3n) is 5.62. The number of carbonyl (C=O) groups excluding carboxylic acids is 2. The Morgan fingerprint density at radius 1 is 1.00 bits per heavy atom. The van der Waals surface area contributed by atoms with Gasteiger partial charge in [-0.2, -0.15) is 0 Å². The van der Waals surface area contributed by atoms with E-state index in [2.05, 4.69) is 32.5 Å². The molecule has 30 heavy (non-hydrogen) atoms. The van der Waals surface area contributed by atoms with Crippen molar-refractivity contribution in [3.63, 3.8) is 0 Å². The third-order valence-corrected chi connectivity index (χ3v) is 5.62. The highest BCUT2D eigenvalue weighted by Crippen LogP contribution is 2.26. The van der Waals surface area contributed by atoms with Gasteiger partial charge in [0.25, 0.3) is 5.91 Å². The van der Waals surface area contributed by atoms with E-state index in [0.29, 0.717) is 11.4 Å². The topological polar surface area (TPSA) is 87.2 Å². The van der Waals surface area contributed by atoms with Crippen LogP contribution in [0.3, 0.4) is 0 Å². The molecule has 2 aromatic heterocycles. The van der Waals surface area contributed by atoms with E-state index in [1.54, 1.807) is 25.6 Å². The van der Waals surface area contributed by atoms with Gasteiger partial charge in [0.2, 0.25) is 5.91 Å². The molecule has 7 nitrogen and oxygen atoms in total. The molecule has 0 saturated carbocycles. The summed E-state index contributed by atoms with van der Waals surface area (Å²) in [5, 5.41) is 7.53. The highest BCUT2D eigenvalue weighted by Gasteiger charge is 2.23. The summed E-state index contributed by atoms with van der Waals surface area (Å²) in [5.41, 5.74) is 2.31. The second kappa shape index (κ2) is 8.59. The highest BCUT2D eigenvalue weighted by atomic mass is 16.2. The summed E-state index contributed by atoms with van der Waals surface area (Å²) in [4.78, 5) is 35.3. The van der Waals surface area contributed by atoms with Crippen molar-refractivity contribution < 1.29 is 9.59 Å². The smallest absolute Gasteiger partial charge is 0.252 e. The predicted octanol–water partition coefficient (Wildman–Crippen LogP) is 2.94. The Hall–Kier alpha value is -3.32. The quantitative estimate of drug-likeness (QED) is 0.699. The molecule has 4 rings (SSSR count). The number of benzene rings is 1. The summed E-state index contributed by atoms with van der Waals surface area (Å²) in [5.74, 6) is 0.450. The number of pyridine rings is 2. The molecule has 0 aliphatic carbocycles. The standard InChI is InChI=1S/C23H25N5O2/c1-24-22(29)20-10-19(12-25-13-20)16-3-4-17-14-26-21(11-18(17)9-16)27-23(30)15-5-7-28(2)8-6-15/h3-4,9-15H,5-8H2,1-2H3,(H,24,29)(H,26,27,30). The lowest BCUT2D eigenvalue weighted by Gasteiger charge is -2.27. The molecule has 1 aliphatic rings. The Kier molecular flexibility index (Phi) is 5.72. The maximum Gasteiger partial charge on any atom is 0.252 e. The number of carbonyl (C=O) groups is 2. The molecule has 3 heterocycles. The van der Waals surface area contributed by atoms with E-state index >= 15 is 0 Å². The Balaban J connectivity index is 1.57. The molecule has 0 atom stereocenters. The van der Waals surface area contributed by atoms with E-state index in [1.165, 1.54) is 0 Å². The number of nitrogens with zero attached hydrogens (tertiary/aromatic N) is 3. The minimum atomic E-state index is -0.173. The van der Waals surface area contributed by atoms with E-state index in [-0.39, 0.29) is 17.7 Å². The summed E-state index contributed by atoms with van der Waals surface area (Å²) in [6, 6.07) is 9.68. The van der Waals surface area contributed by atoms with Gasteiger partial charge in [-0.05, 0) is 62.1 Å². The van der Waals surface area contributed by atoms with Crippen LogP contribution in [0.1, 0.15) is 23.2 Å². The lowest BCUT2D eigenvalue weighted by Crippen LogP contribution is -2.36. The molecule has 0 spiro atoms. The first-order valence-corrected chi connectivity index (χ1v) is 10.1. The van der Waals surface area contributed by atoms with E-state index < -0.39 is 0 Å². The number of piperidine rings is 1. The number of rotatable bonds is 4. The molecule has 1 saturated heterocycles. The van der Waals surface area contributed by atoms with Crippen LogP contribution in [-0.4, -0.2) is 53.9 Å². The van der Waals surface area contributed by atoms with Crippen LogP contribution >= 0.6 is 0 Å². The number of amides is 2. The van der Waals surface area contributed by atoms with Gasteiger partial charge in [-0.3, -0.25) is 14.6 Å². The average Bonchev–Trinajstić information content (AvgIpc) is 2.78. The first kappa shape index (κ1) is 20.0. The molecule has 2 amide bonds. The molecule has 7 heteroatoms. The Morgan fingerprint density at radius 3 is 2.57 bits per heavy atom. The maximum absolute atomic E-state index is 12.6. The van der Waals surface area contributed by atoms with Crippen LogP contribution in [0.2, 0.25) is 0 Å². The van der Waals surface area contributed by atoms with E-state index in [1.807, 2.05) is 30.3 Å². The van der Waals surface area contributed by atoms with Crippen LogP contribution in [0, 0.1) is 5.92 Å². The van der Waals surface area contributed by atoms with Gasteiger partial charge in [0.1, 0.15) is 5.82 Å². The lowest BCUT2D eigenvalue weighted by atomic mass is 9.96. The molecular weight excluding hydrogens is 378 g/mol. The summed E-state index contributed by atoms with van der Waals surface area (Å²) >= 11 is 0. The molecular formula is C23H25N5O2. The zero-order valence-electron chi connectivity index (χ0n) is 17.2. The normalized spacial score (nSPS) is 15.1. The molecule has 1 aromatic carbocycles. The molecule has 2 N–H and O–H groups in total. The molecule has 0 bridgehead atoms. The Labute approximate surface area is 175 Å². The van der Waals surface area contributed by atoms with Crippen molar-refractivity contribution in [2.45, 2.75) is 12.8 Å². The van der Waals surface area contributed by atoms with Crippen LogP contribution < -0.4 is 10.6 Å². The Bertz CT molecular complexity index is 1090. The molecule has 0 radical (unpaired) electrons. The monoisotopic (exact) mass is 403 g/mol. The van der Waals surface area contributed by atoms with E-state index in [9.17, 15) is 9.59 Å². The van der Waals surface area contributed by atoms with Crippen LogP contribution in [-0.2, 0) is 4.79 Å². The summed E-state index contributed by atoms with van der Waals surface area (Å²) in [7, 11) is 3.68. The molecule has 0 unspecified atom stereocenters. The van der Waals surface area contributed by atoms with Gasteiger partial charge in [-0.15, -0.1) is 0 Å². The number of fused-ring (bicyclic) bond motifs is 1. The van der Waals surface area contributed by atoms with Crippen molar-refractivity contribution in [1.29, 1.82) is 0 Å². The van der Waals surface area contributed by atoms with Gasteiger partial charge < -0.3 is 15.5 Å². The number of nitrogens with one attached hydrogen (secondary N) is 2. The van der Waals surface area contributed by atoms with Gasteiger partial charge in [-0.1, -0.05) is 12.1 Å². The number of likely N-dealkylation sites (tertiary alicyclic amines) is 1. The second-order valence-corrected chi connectivity index (χ2v) is 7.74. The SMILES string of the molecule is CNC(=O)c1cncc(-c2ccc3cnc(NC(=O)C4CCN(C)CC4)cc3c2)c1. The van der Waals surface area contributed by atoms with Crippen molar-refractivity contribution in [3.8, 4) is 11.1 Å². The van der Waals surface area contributed by atoms with E-state index in [4.69, 9.17) is 0 Å². The van der Waals surface area contributed by atoms with Crippen LogP contribution in [0.15, 0.2) is 48.9 Å². The van der Waals surface area contributed by atoms with Crippen molar-refractivity contribution in [3.05, 3.63) is 54.5 Å². The number of hydrogen-bond acceptors (Lipinski definition) is 5. The minimum absolute atomic E-state index is 0.0311. The zero-order valence-corrected chi connectivity index (χ0v) is 17.2. The number of aromatic nitrogens is 2. The first-order chi connectivity index (χ1) is 14.5. The predicted molar refractivity (Wildman–Crippen MR) is 117 cm³/mol. The summed E-state index contributed by atoms with van der Waals surface area (Å²) < 4.78 is 0. The van der Waals surface area contributed by atoms with Crippen LogP contribution in [0.4, 0.5) is 5.82 Å². The third kappa shape index (κ3) is 4.31. The fourth-order valence-electron chi connectivity index (χ4n) is 3.75. The fourth-order valence-corrected chi connectivity index (χ4v) is 3.75. The second-order valence-electron chi connectivity index (χ2n) is 7.74. The van der Waals surface area contributed by atoms with Gasteiger partial charge in [0, 0.05) is 42.5 Å². The van der Waals surface area contributed by atoms with Crippen molar-refractivity contribution in [2.24, 2.45) is 5.92 Å². The van der Waals surface area contributed by atoms with Crippen LogP contribution in [0.5, 0.6) is 0 Å². The fraction of sp³-hybridized carbons (Fsp3) is 0.304. The summed E-state index contributed by atoms with van der Waals surface area (Å²) in [6.07, 6.45) is 6.79. The molecule has 1 aliphatic heterocycles. The lowest BCUT2D eigenvalue weighted by molar-refractivity contribution is -0.121. The zero-order chi connectivity index (χ0) is 21.1. The minimum Gasteiger partial charge on any atom is -0.355 e.